The Balaban J connectivity index is 1.76. The van der Waals surface area contributed by atoms with Gasteiger partial charge in [0, 0.05) is 11.1 Å². The molecule has 25 heavy (non-hydrogen) atoms. The molecule has 0 amide bonds. The minimum absolute atomic E-state index is 0.102. The van der Waals surface area contributed by atoms with Crippen molar-refractivity contribution in [3.63, 3.8) is 0 Å². The zero-order chi connectivity index (χ0) is 17.6. The molecule has 0 aliphatic carbocycles. The lowest BCUT2D eigenvalue weighted by atomic mass is 10.0. The Bertz CT molecular complexity index is 919. The zero-order valence-corrected chi connectivity index (χ0v) is 14.5. The molecule has 0 fully saturated rings. The number of hydrogen-bond acceptors (Lipinski definition) is 1. The Morgan fingerprint density at radius 1 is 0.840 bits per heavy atom. The third-order valence-corrected chi connectivity index (χ3v) is 3.96. The fourth-order valence-electron chi connectivity index (χ4n) is 2.37. The highest BCUT2D eigenvalue weighted by atomic mass is 35.5. The first kappa shape index (κ1) is 17.1. The third-order valence-electron chi connectivity index (χ3n) is 3.65. The summed E-state index contributed by atoms with van der Waals surface area (Å²) in [5.74, 6) is 6.38. The maximum absolute atomic E-state index is 13.4. The zero-order valence-electron chi connectivity index (χ0n) is 13.7. The van der Waals surface area contributed by atoms with Crippen LogP contribution in [0.1, 0.15) is 18.1 Å². The van der Waals surface area contributed by atoms with Crippen molar-refractivity contribution in [2.75, 3.05) is 6.61 Å². The van der Waals surface area contributed by atoms with E-state index < -0.39 is 5.82 Å². The Morgan fingerprint density at radius 3 is 2.00 bits per heavy atom. The van der Waals surface area contributed by atoms with Gasteiger partial charge in [-0.25, -0.2) is 4.39 Å². The van der Waals surface area contributed by atoms with Crippen molar-refractivity contribution in [3.8, 4) is 28.7 Å². The number of ether oxygens (including phenoxy) is 1. The molecule has 0 spiro atoms. The summed E-state index contributed by atoms with van der Waals surface area (Å²) in [6.45, 7) is 2.62. The molecule has 3 aromatic carbocycles. The van der Waals surface area contributed by atoms with Gasteiger partial charge in [0.05, 0.1) is 11.6 Å². The summed E-state index contributed by atoms with van der Waals surface area (Å²) in [5, 5.41) is 0.102. The fraction of sp³-hybridized carbons (Fsp3) is 0.0909. The van der Waals surface area contributed by atoms with Gasteiger partial charge in [0.1, 0.15) is 11.6 Å². The summed E-state index contributed by atoms with van der Waals surface area (Å²) in [6, 6.07) is 20.5. The quantitative estimate of drug-likeness (QED) is 0.531. The largest absolute Gasteiger partial charge is 0.494 e. The second-order valence-electron chi connectivity index (χ2n) is 5.41. The van der Waals surface area contributed by atoms with E-state index in [1.807, 2.05) is 55.5 Å². The molecular formula is C22H16ClFO. The van der Waals surface area contributed by atoms with Crippen molar-refractivity contribution in [1.82, 2.24) is 0 Å². The summed E-state index contributed by atoms with van der Waals surface area (Å²) < 4.78 is 18.9. The molecular weight excluding hydrogens is 335 g/mol. The molecule has 3 rings (SSSR count). The van der Waals surface area contributed by atoms with Crippen molar-refractivity contribution in [3.05, 3.63) is 88.7 Å². The SMILES string of the molecule is CCOc1ccc(-c2ccc(C#Cc3ccc(Cl)c(F)c3)cc2)cc1. The van der Waals surface area contributed by atoms with E-state index in [2.05, 4.69) is 11.8 Å². The van der Waals surface area contributed by atoms with Gasteiger partial charge in [0.25, 0.3) is 0 Å². The van der Waals surface area contributed by atoms with Crippen LogP contribution >= 0.6 is 11.6 Å². The Labute approximate surface area is 152 Å². The van der Waals surface area contributed by atoms with Crippen molar-refractivity contribution in [2.24, 2.45) is 0 Å². The van der Waals surface area contributed by atoms with Crippen LogP contribution in [0.5, 0.6) is 5.75 Å². The molecule has 0 N–H and O–H groups in total. The van der Waals surface area contributed by atoms with Crippen LogP contribution < -0.4 is 4.74 Å². The maximum atomic E-state index is 13.4. The van der Waals surface area contributed by atoms with Crippen LogP contribution in [0.25, 0.3) is 11.1 Å². The molecule has 0 unspecified atom stereocenters. The molecule has 0 heterocycles. The Hall–Kier alpha value is -2.76. The van der Waals surface area contributed by atoms with E-state index in [4.69, 9.17) is 16.3 Å². The topological polar surface area (TPSA) is 9.23 Å². The highest BCUT2D eigenvalue weighted by molar-refractivity contribution is 6.30. The van der Waals surface area contributed by atoms with E-state index in [9.17, 15) is 4.39 Å². The minimum atomic E-state index is -0.459. The average molecular weight is 351 g/mol. The van der Waals surface area contributed by atoms with Crippen LogP contribution in [0.15, 0.2) is 66.7 Å². The predicted octanol–water partition coefficient (Wildman–Crippen LogP) is 5.94. The first-order valence-corrected chi connectivity index (χ1v) is 8.34. The molecule has 0 bridgehead atoms. The third kappa shape index (κ3) is 4.41. The van der Waals surface area contributed by atoms with E-state index in [-0.39, 0.29) is 5.02 Å². The molecule has 0 saturated carbocycles. The second kappa shape index (κ2) is 7.88. The lowest BCUT2D eigenvalue weighted by molar-refractivity contribution is 0.340. The van der Waals surface area contributed by atoms with Crippen LogP contribution in [0.2, 0.25) is 5.02 Å². The average Bonchev–Trinajstić information content (AvgIpc) is 2.64. The summed E-state index contributed by atoms with van der Waals surface area (Å²) in [4.78, 5) is 0. The minimum Gasteiger partial charge on any atom is -0.494 e. The lowest BCUT2D eigenvalue weighted by Gasteiger charge is -2.05. The molecule has 0 radical (unpaired) electrons. The van der Waals surface area contributed by atoms with E-state index in [1.54, 1.807) is 6.07 Å². The molecule has 3 heteroatoms. The molecule has 0 aliphatic rings. The number of hydrogen-bond donors (Lipinski definition) is 0. The molecule has 3 aromatic rings. The van der Waals surface area contributed by atoms with Crippen LogP contribution in [0.4, 0.5) is 4.39 Å². The monoisotopic (exact) mass is 350 g/mol. The standard InChI is InChI=1S/C22H16ClFO/c1-2-25-20-12-10-19(11-13-20)18-8-5-16(6-9-18)3-4-17-7-14-21(23)22(24)15-17/h5-15H,2H2,1H3. The van der Waals surface area contributed by atoms with Gasteiger partial charge in [0.15, 0.2) is 0 Å². The van der Waals surface area contributed by atoms with Gasteiger partial charge in [-0.1, -0.05) is 47.7 Å². The molecule has 0 saturated heterocycles. The molecule has 0 aliphatic heterocycles. The Morgan fingerprint density at radius 2 is 1.40 bits per heavy atom. The second-order valence-corrected chi connectivity index (χ2v) is 5.82. The van der Waals surface area contributed by atoms with Gasteiger partial charge in [-0.2, -0.15) is 0 Å². The smallest absolute Gasteiger partial charge is 0.143 e. The number of benzene rings is 3. The summed E-state index contributed by atoms with van der Waals surface area (Å²) in [6.07, 6.45) is 0. The van der Waals surface area contributed by atoms with Crippen LogP contribution in [-0.4, -0.2) is 6.61 Å². The Kier molecular flexibility index (Phi) is 5.38. The van der Waals surface area contributed by atoms with Crippen LogP contribution in [0, 0.1) is 17.7 Å². The highest BCUT2D eigenvalue weighted by Gasteiger charge is 2.00. The van der Waals surface area contributed by atoms with Crippen molar-refractivity contribution in [2.45, 2.75) is 6.92 Å². The van der Waals surface area contributed by atoms with Gasteiger partial charge in [-0.3, -0.25) is 0 Å². The van der Waals surface area contributed by atoms with E-state index >= 15 is 0 Å². The first-order chi connectivity index (χ1) is 12.2. The first-order valence-electron chi connectivity index (χ1n) is 7.96. The maximum Gasteiger partial charge on any atom is 0.143 e. The van der Waals surface area contributed by atoms with Crippen LogP contribution in [0.3, 0.4) is 0 Å². The van der Waals surface area contributed by atoms with Crippen molar-refractivity contribution < 1.29 is 9.13 Å². The predicted molar refractivity (Wildman–Crippen MR) is 100 cm³/mol. The number of rotatable bonds is 3. The molecule has 124 valence electrons. The molecule has 1 nitrogen and oxygen atoms in total. The van der Waals surface area contributed by atoms with Gasteiger partial charge in [-0.05, 0) is 60.5 Å². The summed E-state index contributed by atoms with van der Waals surface area (Å²) in [5.41, 5.74) is 3.68. The molecule has 0 atom stereocenters. The normalized spacial score (nSPS) is 10.0. The van der Waals surface area contributed by atoms with Gasteiger partial charge >= 0.3 is 0 Å². The summed E-state index contributed by atoms with van der Waals surface area (Å²) in [7, 11) is 0. The summed E-state index contributed by atoms with van der Waals surface area (Å²) >= 11 is 5.67. The van der Waals surface area contributed by atoms with Crippen molar-refractivity contribution in [1.29, 1.82) is 0 Å². The van der Waals surface area contributed by atoms with E-state index in [0.717, 1.165) is 22.4 Å². The van der Waals surface area contributed by atoms with E-state index in [1.165, 1.54) is 12.1 Å². The fourth-order valence-corrected chi connectivity index (χ4v) is 2.49. The van der Waals surface area contributed by atoms with Crippen LogP contribution in [-0.2, 0) is 0 Å². The van der Waals surface area contributed by atoms with Gasteiger partial charge in [0.2, 0.25) is 0 Å². The van der Waals surface area contributed by atoms with Crippen molar-refractivity contribution >= 4 is 11.6 Å². The highest BCUT2D eigenvalue weighted by Crippen LogP contribution is 2.23. The van der Waals surface area contributed by atoms with E-state index in [0.29, 0.717) is 12.2 Å². The number of halogens is 2. The molecule has 0 aromatic heterocycles. The lowest BCUT2D eigenvalue weighted by Crippen LogP contribution is -1.90. The van der Waals surface area contributed by atoms with Gasteiger partial charge in [-0.15, -0.1) is 0 Å². The van der Waals surface area contributed by atoms with Gasteiger partial charge < -0.3 is 4.74 Å².